The minimum Gasteiger partial charge on any atom is -0.497 e. The maximum absolute atomic E-state index is 13.9. The Labute approximate surface area is 219 Å². The first-order valence-electron chi connectivity index (χ1n) is 12.9. The zero-order chi connectivity index (χ0) is 26.4. The number of benzene rings is 2. The van der Waals surface area contributed by atoms with Crippen molar-refractivity contribution in [3.63, 3.8) is 0 Å². The van der Waals surface area contributed by atoms with Gasteiger partial charge in [0.15, 0.2) is 5.60 Å². The van der Waals surface area contributed by atoms with E-state index < -0.39 is 13.7 Å². The number of nitrogens with zero attached hydrogens (tertiary/aromatic N) is 4. The first-order valence-corrected chi connectivity index (χ1v) is 16.0. The molecule has 4 atom stereocenters. The van der Waals surface area contributed by atoms with E-state index in [1.54, 1.807) is 12.0 Å². The molecule has 1 saturated heterocycles. The van der Waals surface area contributed by atoms with E-state index in [9.17, 15) is 9.90 Å². The molecule has 37 heavy (non-hydrogen) atoms. The summed E-state index contributed by atoms with van der Waals surface area (Å²) in [6.07, 6.45) is 2.95. The number of amides is 1. The molecule has 2 aromatic carbocycles. The number of carbonyl (C=O) groups is 1. The predicted molar refractivity (Wildman–Crippen MR) is 145 cm³/mol. The average Bonchev–Trinajstić information content (AvgIpc) is 3.54. The molecule has 2 aliphatic rings. The van der Waals surface area contributed by atoms with Crippen molar-refractivity contribution in [3.8, 4) is 5.75 Å². The van der Waals surface area contributed by atoms with Crippen molar-refractivity contribution in [2.75, 3.05) is 25.7 Å². The van der Waals surface area contributed by atoms with Crippen molar-refractivity contribution < 1.29 is 19.4 Å². The molecule has 0 aliphatic carbocycles. The second-order valence-corrected chi connectivity index (χ2v) is 15.5. The summed E-state index contributed by atoms with van der Waals surface area (Å²) >= 11 is 0. The van der Waals surface area contributed by atoms with Gasteiger partial charge in [-0.25, -0.2) is 0 Å². The van der Waals surface area contributed by atoms with Crippen LogP contribution in [-0.2, 0) is 28.1 Å². The molecule has 1 aromatic heterocycles. The van der Waals surface area contributed by atoms with E-state index in [0.29, 0.717) is 19.4 Å². The van der Waals surface area contributed by atoms with Gasteiger partial charge in [0.2, 0.25) is 0 Å². The summed E-state index contributed by atoms with van der Waals surface area (Å²) in [6, 6.07) is 16.4. The molecule has 5 rings (SSSR count). The lowest BCUT2D eigenvalue weighted by Gasteiger charge is -2.37. The van der Waals surface area contributed by atoms with Gasteiger partial charge in [-0.05, 0) is 30.2 Å². The Morgan fingerprint density at radius 3 is 2.59 bits per heavy atom. The largest absolute Gasteiger partial charge is 0.497 e. The SMILES string of the molecule is COc1ccc([Si](C)(C)[C@H]2[C@H](CCn3cc(CCO)nn3)O[C@@]3(C(=O)N(C)c4ccccc43)[C@@H]2C)cc1. The van der Waals surface area contributed by atoms with Gasteiger partial charge in [0.05, 0.1) is 32.7 Å². The zero-order valence-corrected chi connectivity index (χ0v) is 23.2. The van der Waals surface area contributed by atoms with Crippen LogP contribution in [0.2, 0.25) is 18.6 Å². The van der Waals surface area contributed by atoms with Crippen LogP contribution in [0, 0.1) is 5.92 Å². The van der Waals surface area contributed by atoms with Gasteiger partial charge in [0.25, 0.3) is 5.91 Å². The maximum atomic E-state index is 13.9. The minimum atomic E-state index is -2.15. The number of aliphatic hydroxyl groups is 1. The van der Waals surface area contributed by atoms with Crippen LogP contribution in [0.25, 0.3) is 0 Å². The fourth-order valence-electron chi connectivity index (χ4n) is 6.58. The number of likely N-dealkylation sites (N-methyl/N-ethyl adjacent to an activating group) is 1. The van der Waals surface area contributed by atoms with Crippen LogP contribution in [0.1, 0.15) is 24.6 Å². The number of aliphatic hydroxyl groups excluding tert-OH is 1. The van der Waals surface area contributed by atoms with Gasteiger partial charge in [0.1, 0.15) is 5.75 Å². The molecule has 1 amide bonds. The Balaban J connectivity index is 1.53. The number of para-hydroxylation sites is 1. The Morgan fingerprint density at radius 1 is 1.16 bits per heavy atom. The van der Waals surface area contributed by atoms with Crippen molar-refractivity contribution >= 4 is 24.9 Å². The van der Waals surface area contributed by atoms with Crippen LogP contribution in [0.3, 0.4) is 0 Å². The second-order valence-electron chi connectivity index (χ2n) is 10.8. The van der Waals surface area contributed by atoms with Crippen LogP contribution in [-0.4, -0.2) is 60.9 Å². The monoisotopic (exact) mass is 520 g/mol. The molecule has 196 valence electrons. The fraction of sp³-hybridized carbons (Fsp3) is 0.464. The number of fused-ring (bicyclic) bond motifs is 2. The van der Waals surface area contributed by atoms with Crippen LogP contribution < -0.4 is 14.8 Å². The van der Waals surface area contributed by atoms with Crippen molar-refractivity contribution in [1.29, 1.82) is 0 Å². The van der Waals surface area contributed by atoms with E-state index in [1.807, 2.05) is 54.3 Å². The third-order valence-corrected chi connectivity index (χ3v) is 12.8. The number of hydrogen-bond donors (Lipinski definition) is 1. The van der Waals surface area contributed by atoms with Crippen molar-refractivity contribution in [2.45, 2.75) is 56.7 Å². The Morgan fingerprint density at radius 2 is 1.89 bits per heavy atom. The summed E-state index contributed by atoms with van der Waals surface area (Å²) in [7, 11) is 1.38. The number of ether oxygens (including phenoxy) is 2. The highest BCUT2D eigenvalue weighted by molar-refractivity contribution is 6.91. The van der Waals surface area contributed by atoms with E-state index in [1.165, 1.54) is 5.19 Å². The summed E-state index contributed by atoms with van der Waals surface area (Å²) < 4.78 is 14.2. The number of anilines is 1. The molecule has 0 radical (unpaired) electrons. The van der Waals surface area contributed by atoms with E-state index in [4.69, 9.17) is 9.47 Å². The van der Waals surface area contributed by atoms with Gasteiger partial charge in [-0.2, -0.15) is 0 Å². The number of methoxy groups -OCH3 is 1. The van der Waals surface area contributed by atoms with Crippen LogP contribution in [0.5, 0.6) is 5.75 Å². The molecular formula is C28H36N4O4Si. The first-order chi connectivity index (χ1) is 17.7. The molecule has 1 N–H and O–H groups in total. The first kappa shape index (κ1) is 25.6. The summed E-state index contributed by atoms with van der Waals surface area (Å²) in [6.45, 7) is 7.64. The Bertz CT molecular complexity index is 1280. The Hall–Kier alpha value is -3.01. The van der Waals surface area contributed by atoms with Gasteiger partial charge >= 0.3 is 0 Å². The van der Waals surface area contributed by atoms with Gasteiger partial charge < -0.3 is 19.5 Å². The van der Waals surface area contributed by atoms with Crippen molar-refractivity contribution in [3.05, 3.63) is 66.0 Å². The Kier molecular flexibility index (Phi) is 6.72. The zero-order valence-electron chi connectivity index (χ0n) is 22.2. The van der Waals surface area contributed by atoms with E-state index in [0.717, 1.165) is 22.7 Å². The summed E-state index contributed by atoms with van der Waals surface area (Å²) in [5.74, 6) is 0.837. The van der Waals surface area contributed by atoms with Gasteiger partial charge in [-0.1, -0.05) is 60.7 Å². The molecular weight excluding hydrogens is 484 g/mol. The lowest BCUT2D eigenvalue weighted by atomic mass is 9.82. The molecule has 0 saturated carbocycles. The van der Waals surface area contributed by atoms with Crippen LogP contribution >= 0.6 is 0 Å². The highest BCUT2D eigenvalue weighted by Gasteiger charge is 2.65. The summed E-state index contributed by atoms with van der Waals surface area (Å²) in [5, 5.41) is 19.0. The summed E-state index contributed by atoms with van der Waals surface area (Å²) in [5.41, 5.74) is 1.85. The second kappa shape index (κ2) is 9.70. The molecule has 1 fully saturated rings. The molecule has 0 unspecified atom stereocenters. The van der Waals surface area contributed by atoms with Crippen molar-refractivity contribution in [2.24, 2.45) is 5.92 Å². The molecule has 0 bridgehead atoms. The molecule has 9 heteroatoms. The predicted octanol–water partition coefficient (Wildman–Crippen LogP) is 3.10. The summed E-state index contributed by atoms with van der Waals surface area (Å²) in [4.78, 5) is 15.7. The number of hydrogen-bond acceptors (Lipinski definition) is 6. The molecule has 3 heterocycles. The molecule has 3 aromatic rings. The highest BCUT2D eigenvalue weighted by Crippen LogP contribution is 2.59. The van der Waals surface area contributed by atoms with Gasteiger partial charge in [-0.3, -0.25) is 9.48 Å². The standard InChI is InChI=1S/C28H36N4O4Si/c1-19-26(37(4,5)22-12-10-21(35-3)11-13-22)25(14-16-32-18-20(15-17-33)29-30-32)36-28(19)23-8-6-7-9-24(23)31(2)27(28)34/h6-13,18-19,25-26,33H,14-17H2,1-5H3/t19-,25+,26-,28+/m1/s1. The number of carbonyl (C=O) groups excluding carboxylic acids is 1. The van der Waals surface area contributed by atoms with Gasteiger partial charge in [0, 0.05) is 44.3 Å². The lowest BCUT2D eigenvalue weighted by molar-refractivity contribution is -0.145. The number of rotatable bonds is 8. The maximum Gasteiger partial charge on any atom is 0.264 e. The van der Waals surface area contributed by atoms with E-state index >= 15 is 0 Å². The third kappa shape index (κ3) is 4.09. The molecule has 1 spiro atoms. The topological polar surface area (TPSA) is 89.7 Å². The quantitative estimate of drug-likeness (QED) is 0.459. The number of aromatic nitrogens is 3. The normalized spacial score (nSPS) is 25.2. The van der Waals surface area contributed by atoms with Crippen LogP contribution in [0.4, 0.5) is 5.69 Å². The number of aryl methyl sites for hydroxylation is 1. The smallest absolute Gasteiger partial charge is 0.264 e. The van der Waals surface area contributed by atoms with Crippen molar-refractivity contribution in [1.82, 2.24) is 15.0 Å². The fourth-order valence-corrected chi connectivity index (χ4v) is 10.6. The highest BCUT2D eigenvalue weighted by atomic mass is 28.3. The molecule has 2 aliphatic heterocycles. The lowest BCUT2D eigenvalue weighted by Crippen LogP contribution is -2.51. The van der Waals surface area contributed by atoms with Gasteiger partial charge in [-0.15, -0.1) is 5.10 Å². The minimum absolute atomic E-state index is 0.0132. The van der Waals surface area contributed by atoms with E-state index in [2.05, 4.69) is 42.5 Å². The van der Waals surface area contributed by atoms with E-state index in [-0.39, 0.29) is 30.1 Å². The molecule has 8 nitrogen and oxygen atoms in total. The third-order valence-electron chi connectivity index (χ3n) is 8.47. The average molecular weight is 521 g/mol. The van der Waals surface area contributed by atoms with Crippen LogP contribution in [0.15, 0.2) is 54.7 Å².